The first-order valence-corrected chi connectivity index (χ1v) is 9.66. The zero-order valence-electron chi connectivity index (χ0n) is 13.8. The molecule has 2 aromatic carbocycles. The largest absolute Gasteiger partial charge is 0.457 e. The predicted octanol–water partition coefficient (Wildman–Crippen LogP) is 5.52. The first-order chi connectivity index (χ1) is 11.4. The second-order valence-corrected chi connectivity index (χ2v) is 7.54. The van der Waals surface area contributed by atoms with Crippen LogP contribution in [0.3, 0.4) is 0 Å². The van der Waals surface area contributed by atoms with E-state index in [9.17, 15) is 0 Å². The Morgan fingerprint density at radius 3 is 2.08 bits per heavy atom. The smallest absolute Gasteiger partial charge is 0.132 e. The number of ether oxygens (including phenoxy) is 1. The quantitative estimate of drug-likeness (QED) is 0.711. The molecule has 2 aromatic rings. The fourth-order valence-corrected chi connectivity index (χ4v) is 4.88. The summed E-state index contributed by atoms with van der Waals surface area (Å²) < 4.78 is 6.08. The van der Waals surface area contributed by atoms with Crippen LogP contribution in [0, 0.1) is 0 Å². The van der Waals surface area contributed by atoms with Gasteiger partial charge in [0.1, 0.15) is 11.5 Å². The van der Waals surface area contributed by atoms with Gasteiger partial charge in [0.15, 0.2) is 0 Å². The Hall–Kier alpha value is -1.16. The number of hydrogen-bond acceptors (Lipinski definition) is 3. The molecule has 2 aliphatic rings. The highest BCUT2D eigenvalue weighted by atomic mass is 35.5. The van der Waals surface area contributed by atoms with Crippen LogP contribution in [0.4, 0.5) is 0 Å². The number of halogens is 1. The average Bonchev–Trinajstić information content (AvgIpc) is 2.62. The van der Waals surface area contributed by atoms with Crippen LogP contribution < -0.4 is 4.74 Å². The van der Waals surface area contributed by atoms with E-state index >= 15 is 0 Å². The number of thioether (sulfide) groups is 1. The summed E-state index contributed by atoms with van der Waals surface area (Å²) in [5.74, 6) is 3.20. The highest BCUT2D eigenvalue weighted by Gasteiger charge is 2.27. The van der Waals surface area contributed by atoms with E-state index in [-0.39, 0.29) is 12.4 Å². The third-order valence-corrected chi connectivity index (χ3v) is 6.02. The van der Waals surface area contributed by atoms with Crippen LogP contribution >= 0.6 is 24.2 Å². The fraction of sp³-hybridized carbons (Fsp3) is 0.400. The molecule has 2 nitrogen and oxygen atoms in total. The molecular weight excluding hydrogens is 338 g/mol. The van der Waals surface area contributed by atoms with Gasteiger partial charge in [0.2, 0.25) is 0 Å². The van der Waals surface area contributed by atoms with Gasteiger partial charge in [-0.05, 0) is 38.1 Å². The molecule has 0 aliphatic carbocycles. The first kappa shape index (κ1) is 17.7. The lowest BCUT2D eigenvalue weighted by Crippen LogP contribution is -2.31. The minimum atomic E-state index is 0. The van der Waals surface area contributed by atoms with Crippen molar-refractivity contribution in [3.63, 3.8) is 0 Å². The standard InChI is InChI=1S/C20H23NOS.ClH/c1-6-12-21(13-7-1)14-15-23-20-16-8-2-4-10-18(16)22-19-11-5-3-9-17(19)20;/h2-5,8-11,20H,1,6-7,12-15H2;1H. The minimum absolute atomic E-state index is 0. The van der Waals surface area contributed by atoms with Gasteiger partial charge >= 0.3 is 0 Å². The van der Waals surface area contributed by atoms with Crippen molar-refractivity contribution in [1.29, 1.82) is 0 Å². The summed E-state index contributed by atoms with van der Waals surface area (Å²) in [6.07, 6.45) is 4.14. The predicted molar refractivity (Wildman–Crippen MR) is 105 cm³/mol. The highest BCUT2D eigenvalue weighted by molar-refractivity contribution is 7.99. The Morgan fingerprint density at radius 1 is 0.875 bits per heavy atom. The molecule has 1 saturated heterocycles. The molecule has 0 N–H and O–H groups in total. The number of benzene rings is 2. The molecule has 128 valence electrons. The zero-order valence-corrected chi connectivity index (χ0v) is 15.5. The van der Waals surface area contributed by atoms with E-state index in [4.69, 9.17) is 4.74 Å². The molecule has 1 fully saturated rings. The molecule has 2 aliphatic heterocycles. The number of fused-ring (bicyclic) bond motifs is 2. The van der Waals surface area contributed by atoms with E-state index in [0.29, 0.717) is 5.25 Å². The van der Waals surface area contributed by atoms with Crippen molar-refractivity contribution in [1.82, 2.24) is 4.90 Å². The number of rotatable bonds is 4. The maximum absolute atomic E-state index is 6.08. The molecule has 0 amide bonds. The van der Waals surface area contributed by atoms with Gasteiger partial charge in [-0.15, -0.1) is 24.2 Å². The van der Waals surface area contributed by atoms with Gasteiger partial charge in [0.25, 0.3) is 0 Å². The number of para-hydroxylation sites is 2. The molecule has 0 radical (unpaired) electrons. The van der Waals surface area contributed by atoms with Crippen LogP contribution in [0.15, 0.2) is 48.5 Å². The summed E-state index contributed by atoms with van der Waals surface area (Å²) in [6.45, 7) is 3.76. The Morgan fingerprint density at radius 2 is 1.46 bits per heavy atom. The lowest BCUT2D eigenvalue weighted by molar-refractivity contribution is 0.242. The van der Waals surface area contributed by atoms with Crippen molar-refractivity contribution in [2.75, 3.05) is 25.4 Å². The third-order valence-electron chi connectivity index (χ3n) is 4.76. The van der Waals surface area contributed by atoms with Crippen molar-refractivity contribution in [3.05, 3.63) is 59.7 Å². The second kappa shape index (κ2) is 8.28. The van der Waals surface area contributed by atoms with Gasteiger partial charge in [-0.3, -0.25) is 0 Å². The molecule has 0 unspecified atom stereocenters. The summed E-state index contributed by atoms with van der Waals surface area (Å²) in [5.41, 5.74) is 2.63. The van der Waals surface area contributed by atoms with E-state index in [2.05, 4.69) is 65.2 Å². The molecule has 0 atom stereocenters. The van der Waals surface area contributed by atoms with E-state index < -0.39 is 0 Å². The normalized spacial score (nSPS) is 17.3. The molecule has 0 saturated carbocycles. The summed E-state index contributed by atoms with van der Waals surface area (Å²) in [5, 5.41) is 0.390. The van der Waals surface area contributed by atoms with Crippen LogP contribution in [-0.2, 0) is 0 Å². The maximum Gasteiger partial charge on any atom is 0.132 e. The highest BCUT2D eigenvalue weighted by Crippen LogP contribution is 2.49. The van der Waals surface area contributed by atoms with Crippen LogP contribution in [0.5, 0.6) is 11.5 Å². The molecule has 4 heteroatoms. The van der Waals surface area contributed by atoms with Gasteiger partial charge in [0.05, 0.1) is 5.25 Å². The Kier molecular flexibility index (Phi) is 6.09. The van der Waals surface area contributed by atoms with Crippen LogP contribution in [0.1, 0.15) is 35.6 Å². The lowest BCUT2D eigenvalue weighted by atomic mass is 10.00. The molecule has 0 aromatic heterocycles. The fourth-order valence-electron chi connectivity index (χ4n) is 3.53. The zero-order chi connectivity index (χ0) is 15.5. The number of hydrogen-bond donors (Lipinski definition) is 0. The lowest BCUT2D eigenvalue weighted by Gasteiger charge is -2.30. The van der Waals surface area contributed by atoms with Crippen molar-refractivity contribution in [3.8, 4) is 11.5 Å². The number of likely N-dealkylation sites (tertiary alicyclic amines) is 1. The van der Waals surface area contributed by atoms with Crippen LogP contribution in [0.25, 0.3) is 0 Å². The molecular formula is C20H24ClNOS. The maximum atomic E-state index is 6.08. The Bertz CT molecular complexity index is 627. The Labute approximate surface area is 155 Å². The molecule has 2 heterocycles. The second-order valence-electron chi connectivity index (χ2n) is 6.33. The number of nitrogens with zero attached hydrogens (tertiary/aromatic N) is 1. The van der Waals surface area contributed by atoms with Crippen molar-refractivity contribution in [2.24, 2.45) is 0 Å². The monoisotopic (exact) mass is 361 g/mol. The van der Waals surface area contributed by atoms with Gasteiger partial charge in [-0.1, -0.05) is 42.8 Å². The van der Waals surface area contributed by atoms with E-state index in [1.165, 1.54) is 55.8 Å². The van der Waals surface area contributed by atoms with Gasteiger partial charge in [-0.2, -0.15) is 0 Å². The van der Waals surface area contributed by atoms with Crippen molar-refractivity contribution >= 4 is 24.2 Å². The summed E-state index contributed by atoms with van der Waals surface area (Å²) in [7, 11) is 0. The van der Waals surface area contributed by atoms with Crippen molar-refractivity contribution in [2.45, 2.75) is 24.5 Å². The van der Waals surface area contributed by atoms with E-state index in [1.54, 1.807) is 0 Å². The van der Waals surface area contributed by atoms with Gasteiger partial charge < -0.3 is 9.64 Å². The first-order valence-electron chi connectivity index (χ1n) is 8.61. The van der Waals surface area contributed by atoms with Crippen molar-refractivity contribution < 1.29 is 4.74 Å². The number of piperidine rings is 1. The molecule has 24 heavy (non-hydrogen) atoms. The molecule has 4 rings (SSSR count). The van der Waals surface area contributed by atoms with Crippen LogP contribution in [0.2, 0.25) is 0 Å². The SMILES string of the molecule is Cl.c1ccc2c(c1)Oc1ccccc1C2SCCN1CCCCC1. The van der Waals surface area contributed by atoms with Gasteiger partial charge in [-0.25, -0.2) is 0 Å². The Balaban J connectivity index is 0.00000169. The minimum Gasteiger partial charge on any atom is -0.457 e. The topological polar surface area (TPSA) is 12.5 Å². The van der Waals surface area contributed by atoms with E-state index in [1.807, 2.05) is 0 Å². The van der Waals surface area contributed by atoms with Crippen LogP contribution in [-0.4, -0.2) is 30.3 Å². The summed E-state index contributed by atoms with van der Waals surface area (Å²) in [4.78, 5) is 2.62. The summed E-state index contributed by atoms with van der Waals surface area (Å²) >= 11 is 2.05. The molecule has 0 spiro atoms. The third kappa shape index (κ3) is 3.74. The van der Waals surface area contributed by atoms with E-state index in [0.717, 1.165) is 11.5 Å². The summed E-state index contributed by atoms with van der Waals surface area (Å²) in [6, 6.07) is 17.0. The molecule has 0 bridgehead atoms. The average molecular weight is 362 g/mol. The van der Waals surface area contributed by atoms with Gasteiger partial charge in [0, 0.05) is 23.4 Å².